The maximum absolute atomic E-state index is 10.4. The first-order chi connectivity index (χ1) is 7.13. The van der Waals surface area contributed by atoms with Crippen molar-refractivity contribution in [2.45, 2.75) is 6.54 Å². The second-order valence-corrected chi connectivity index (χ2v) is 2.89. The summed E-state index contributed by atoms with van der Waals surface area (Å²) in [5, 5.41) is 13.2. The number of hydrogen-bond donors (Lipinski definition) is 2. The Morgan fingerprint density at radius 3 is 2.60 bits per heavy atom. The van der Waals surface area contributed by atoms with Crippen LogP contribution in [-0.2, 0) is 6.54 Å². The SMILES string of the molecule is CN=C(N)NCc1ccc([N+](=O)[O-])cc1. The molecule has 0 spiro atoms. The van der Waals surface area contributed by atoms with Gasteiger partial charge in [0, 0.05) is 25.7 Å². The molecule has 0 fully saturated rings. The molecule has 0 aliphatic carbocycles. The number of non-ortho nitro benzene ring substituents is 1. The van der Waals surface area contributed by atoms with Crippen molar-refractivity contribution in [1.29, 1.82) is 0 Å². The molecule has 15 heavy (non-hydrogen) atoms. The highest BCUT2D eigenvalue weighted by Crippen LogP contribution is 2.11. The number of hydrogen-bond acceptors (Lipinski definition) is 3. The molecule has 1 aromatic rings. The molecular weight excluding hydrogens is 196 g/mol. The van der Waals surface area contributed by atoms with Gasteiger partial charge >= 0.3 is 0 Å². The van der Waals surface area contributed by atoms with Crippen molar-refractivity contribution in [3.8, 4) is 0 Å². The summed E-state index contributed by atoms with van der Waals surface area (Å²) < 4.78 is 0. The zero-order valence-electron chi connectivity index (χ0n) is 8.30. The van der Waals surface area contributed by atoms with Crippen LogP contribution in [-0.4, -0.2) is 17.9 Å². The molecule has 6 heteroatoms. The van der Waals surface area contributed by atoms with Gasteiger partial charge in [-0.15, -0.1) is 0 Å². The number of rotatable bonds is 3. The number of nitro benzene ring substituents is 1. The molecular formula is C9H12N4O2. The van der Waals surface area contributed by atoms with Crippen LogP contribution in [0.1, 0.15) is 5.56 Å². The third kappa shape index (κ3) is 3.26. The number of nitrogens with two attached hydrogens (primary N) is 1. The first-order valence-electron chi connectivity index (χ1n) is 4.33. The highest BCUT2D eigenvalue weighted by molar-refractivity contribution is 5.77. The Labute approximate surface area is 87.0 Å². The second kappa shape index (κ2) is 4.94. The molecule has 1 rings (SSSR count). The molecule has 0 unspecified atom stereocenters. The summed E-state index contributed by atoms with van der Waals surface area (Å²) in [6, 6.07) is 6.26. The van der Waals surface area contributed by atoms with Gasteiger partial charge in [0.25, 0.3) is 5.69 Å². The van der Waals surface area contributed by atoms with Crippen LogP contribution in [0, 0.1) is 10.1 Å². The number of benzene rings is 1. The van der Waals surface area contributed by atoms with Crippen LogP contribution in [0.3, 0.4) is 0 Å². The molecule has 0 saturated carbocycles. The summed E-state index contributed by atoms with van der Waals surface area (Å²) in [7, 11) is 1.58. The molecule has 0 saturated heterocycles. The normalized spacial score (nSPS) is 11.1. The Morgan fingerprint density at radius 2 is 2.13 bits per heavy atom. The highest BCUT2D eigenvalue weighted by atomic mass is 16.6. The van der Waals surface area contributed by atoms with E-state index < -0.39 is 4.92 Å². The van der Waals surface area contributed by atoms with Crippen LogP contribution in [0.15, 0.2) is 29.3 Å². The predicted octanol–water partition coefficient (Wildman–Crippen LogP) is 0.629. The van der Waals surface area contributed by atoms with E-state index in [4.69, 9.17) is 5.73 Å². The summed E-state index contributed by atoms with van der Waals surface area (Å²) >= 11 is 0. The first-order valence-corrected chi connectivity index (χ1v) is 4.33. The number of guanidine groups is 1. The smallest absolute Gasteiger partial charge is 0.269 e. The topological polar surface area (TPSA) is 93.5 Å². The molecule has 1 aromatic carbocycles. The number of nitrogens with zero attached hydrogens (tertiary/aromatic N) is 2. The fraction of sp³-hybridized carbons (Fsp3) is 0.222. The zero-order valence-corrected chi connectivity index (χ0v) is 8.30. The van der Waals surface area contributed by atoms with Crippen molar-refractivity contribution >= 4 is 11.6 Å². The predicted molar refractivity (Wildman–Crippen MR) is 57.5 cm³/mol. The Morgan fingerprint density at radius 1 is 1.53 bits per heavy atom. The molecule has 0 heterocycles. The van der Waals surface area contributed by atoms with Crippen molar-refractivity contribution in [3.05, 3.63) is 39.9 Å². The van der Waals surface area contributed by atoms with Gasteiger partial charge in [-0.2, -0.15) is 0 Å². The molecule has 80 valence electrons. The minimum atomic E-state index is -0.431. The van der Waals surface area contributed by atoms with Gasteiger partial charge in [0.05, 0.1) is 4.92 Å². The number of nitrogens with one attached hydrogen (secondary N) is 1. The Kier molecular flexibility index (Phi) is 3.61. The van der Waals surface area contributed by atoms with E-state index in [1.54, 1.807) is 19.2 Å². The molecule has 0 aliphatic heterocycles. The van der Waals surface area contributed by atoms with E-state index in [0.717, 1.165) is 5.56 Å². The number of aliphatic imine (C=N–C) groups is 1. The van der Waals surface area contributed by atoms with Crippen LogP contribution in [0.25, 0.3) is 0 Å². The van der Waals surface area contributed by atoms with Crippen LogP contribution in [0.4, 0.5) is 5.69 Å². The third-order valence-electron chi connectivity index (χ3n) is 1.86. The van der Waals surface area contributed by atoms with Crippen molar-refractivity contribution in [2.75, 3.05) is 7.05 Å². The van der Waals surface area contributed by atoms with Gasteiger partial charge in [-0.1, -0.05) is 12.1 Å². The van der Waals surface area contributed by atoms with Crippen molar-refractivity contribution < 1.29 is 4.92 Å². The van der Waals surface area contributed by atoms with Crippen molar-refractivity contribution in [3.63, 3.8) is 0 Å². The van der Waals surface area contributed by atoms with E-state index in [1.807, 2.05) is 0 Å². The fourth-order valence-electron chi connectivity index (χ4n) is 1.01. The summed E-state index contributed by atoms with van der Waals surface area (Å²) in [5.41, 5.74) is 6.42. The Hall–Kier alpha value is -2.11. The monoisotopic (exact) mass is 208 g/mol. The quantitative estimate of drug-likeness (QED) is 0.329. The second-order valence-electron chi connectivity index (χ2n) is 2.89. The molecule has 0 aromatic heterocycles. The van der Waals surface area contributed by atoms with Crippen LogP contribution < -0.4 is 11.1 Å². The van der Waals surface area contributed by atoms with Gasteiger partial charge in [-0.05, 0) is 5.56 Å². The van der Waals surface area contributed by atoms with Crippen LogP contribution in [0.5, 0.6) is 0 Å². The Bertz CT molecular complexity index is 372. The zero-order chi connectivity index (χ0) is 11.3. The molecule has 0 radical (unpaired) electrons. The molecule has 0 bridgehead atoms. The van der Waals surface area contributed by atoms with Crippen LogP contribution in [0.2, 0.25) is 0 Å². The fourth-order valence-corrected chi connectivity index (χ4v) is 1.01. The van der Waals surface area contributed by atoms with E-state index in [-0.39, 0.29) is 5.69 Å². The average Bonchev–Trinajstić information content (AvgIpc) is 2.26. The molecule has 0 atom stereocenters. The molecule has 6 nitrogen and oxygen atoms in total. The van der Waals surface area contributed by atoms with Gasteiger partial charge in [0.15, 0.2) is 5.96 Å². The largest absolute Gasteiger partial charge is 0.370 e. The van der Waals surface area contributed by atoms with Gasteiger partial charge in [-0.25, -0.2) is 0 Å². The van der Waals surface area contributed by atoms with E-state index in [1.165, 1.54) is 12.1 Å². The van der Waals surface area contributed by atoms with Crippen LogP contribution >= 0.6 is 0 Å². The summed E-state index contributed by atoms with van der Waals surface area (Å²) in [6.45, 7) is 0.501. The van der Waals surface area contributed by atoms with Gasteiger partial charge < -0.3 is 11.1 Å². The Balaban J connectivity index is 2.61. The molecule has 3 N–H and O–H groups in total. The van der Waals surface area contributed by atoms with E-state index >= 15 is 0 Å². The first kappa shape index (κ1) is 11.0. The third-order valence-corrected chi connectivity index (χ3v) is 1.86. The lowest BCUT2D eigenvalue weighted by Gasteiger charge is -2.04. The molecule has 0 aliphatic rings. The van der Waals surface area contributed by atoms with Gasteiger partial charge in [0.1, 0.15) is 0 Å². The van der Waals surface area contributed by atoms with Gasteiger partial charge in [0.2, 0.25) is 0 Å². The number of nitro groups is 1. The van der Waals surface area contributed by atoms with E-state index in [2.05, 4.69) is 10.3 Å². The lowest BCUT2D eigenvalue weighted by molar-refractivity contribution is -0.384. The minimum Gasteiger partial charge on any atom is -0.370 e. The summed E-state index contributed by atoms with van der Waals surface area (Å²) in [4.78, 5) is 13.7. The average molecular weight is 208 g/mol. The van der Waals surface area contributed by atoms with E-state index in [0.29, 0.717) is 12.5 Å². The summed E-state index contributed by atoms with van der Waals surface area (Å²) in [5.74, 6) is 0.341. The van der Waals surface area contributed by atoms with E-state index in [9.17, 15) is 10.1 Å². The maximum atomic E-state index is 10.4. The highest BCUT2D eigenvalue weighted by Gasteiger charge is 2.03. The lowest BCUT2D eigenvalue weighted by atomic mass is 10.2. The van der Waals surface area contributed by atoms with Gasteiger partial charge in [-0.3, -0.25) is 15.1 Å². The van der Waals surface area contributed by atoms with Crippen molar-refractivity contribution in [1.82, 2.24) is 5.32 Å². The molecule has 0 amide bonds. The summed E-state index contributed by atoms with van der Waals surface area (Å²) in [6.07, 6.45) is 0. The lowest BCUT2D eigenvalue weighted by Crippen LogP contribution is -2.30. The maximum Gasteiger partial charge on any atom is 0.269 e. The minimum absolute atomic E-state index is 0.0795. The van der Waals surface area contributed by atoms with Crippen molar-refractivity contribution in [2.24, 2.45) is 10.7 Å². The standard InChI is InChI=1S/C9H12N4O2/c1-11-9(10)12-6-7-2-4-8(5-3-7)13(14)15/h2-5H,6H2,1H3,(H3,10,11,12).